The molecule has 1 heterocycles. The lowest BCUT2D eigenvalue weighted by Crippen LogP contribution is -2.41. The summed E-state index contributed by atoms with van der Waals surface area (Å²) >= 11 is 7.21. The zero-order valence-electron chi connectivity index (χ0n) is 10.9. The average molecular weight is 290 g/mol. The minimum atomic E-state index is -0.606. The Morgan fingerprint density at radius 3 is 2.72 bits per heavy atom. The quantitative estimate of drug-likeness (QED) is 0.576. The Morgan fingerprint density at radius 2 is 2.22 bits per heavy atom. The first-order valence-corrected chi connectivity index (χ1v) is 7.20. The average Bonchev–Trinajstić information content (AvgIpc) is 2.72. The van der Waals surface area contributed by atoms with Crippen LogP contribution in [0.4, 0.5) is 0 Å². The van der Waals surface area contributed by atoms with Crippen LogP contribution in [0.5, 0.6) is 0 Å². The highest BCUT2D eigenvalue weighted by molar-refractivity contribution is 7.16. The van der Waals surface area contributed by atoms with E-state index in [9.17, 15) is 5.11 Å². The Morgan fingerprint density at radius 1 is 1.50 bits per heavy atom. The summed E-state index contributed by atoms with van der Waals surface area (Å²) in [6.07, 6.45) is -0.606. The van der Waals surface area contributed by atoms with Crippen LogP contribution in [-0.2, 0) is 0 Å². The molecule has 102 valence electrons. The van der Waals surface area contributed by atoms with Crippen molar-refractivity contribution in [3.63, 3.8) is 0 Å². The third-order valence-corrected chi connectivity index (χ3v) is 3.45. The minimum Gasteiger partial charge on any atom is -0.386 e. The third-order valence-electron chi connectivity index (χ3n) is 2.11. The summed E-state index contributed by atoms with van der Waals surface area (Å²) in [4.78, 5) is 5.18. The van der Waals surface area contributed by atoms with Crippen LogP contribution < -0.4 is 10.6 Å². The predicted molar refractivity (Wildman–Crippen MR) is 78.5 cm³/mol. The van der Waals surface area contributed by atoms with Crippen LogP contribution >= 0.6 is 22.9 Å². The smallest absolute Gasteiger partial charge is 0.191 e. The Balaban J connectivity index is 2.58. The van der Waals surface area contributed by atoms with E-state index in [2.05, 4.69) is 15.6 Å². The molecule has 0 saturated heterocycles. The number of halogens is 1. The Labute approximate surface area is 117 Å². The number of hydrogen-bond acceptors (Lipinski definition) is 3. The molecule has 0 bridgehead atoms. The molecule has 0 aliphatic heterocycles. The van der Waals surface area contributed by atoms with Crippen LogP contribution in [0, 0.1) is 0 Å². The maximum absolute atomic E-state index is 9.97. The van der Waals surface area contributed by atoms with E-state index in [1.165, 1.54) is 11.3 Å². The maximum Gasteiger partial charge on any atom is 0.191 e. The number of aliphatic hydroxyl groups is 1. The van der Waals surface area contributed by atoms with Gasteiger partial charge in [0.05, 0.1) is 10.9 Å². The van der Waals surface area contributed by atoms with E-state index in [1.54, 1.807) is 6.07 Å². The number of nitrogens with one attached hydrogen (secondary N) is 2. The third kappa shape index (κ3) is 5.25. The molecule has 0 fully saturated rings. The van der Waals surface area contributed by atoms with Gasteiger partial charge in [0.2, 0.25) is 0 Å². The van der Waals surface area contributed by atoms with Crippen molar-refractivity contribution in [3.05, 3.63) is 21.3 Å². The molecule has 4 nitrogen and oxygen atoms in total. The molecule has 1 atom stereocenters. The van der Waals surface area contributed by atoms with Gasteiger partial charge in [-0.2, -0.15) is 0 Å². The van der Waals surface area contributed by atoms with Gasteiger partial charge in [-0.25, -0.2) is 0 Å². The highest BCUT2D eigenvalue weighted by Gasteiger charge is 2.10. The van der Waals surface area contributed by atoms with Gasteiger partial charge in [-0.15, -0.1) is 11.3 Å². The fourth-order valence-electron chi connectivity index (χ4n) is 1.37. The van der Waals surface area contributed by atoms with Gasteiger partial charge in [0.15, 0.2) is 5.96 Å². The van der Waals surface area contributed by atoms with E-state index in [-0.39, 0.29) is 0 Å². The van der Waals surface area contributed by atoms with Gasteiger partial charge >= 0.3 is 0 Å². The van der Waals surface area contributed by atoms with Crippen molar-refractivity contribution in [2.75, 3.05) is 13.1 Å². The Bertz CT molecular complexity index is 392. The van der Waals surface area contributed by atoms with E-state index in [0.717, 1.165) is 11.4 Å². The molecule has 0 radical (unpaired) electrons. The molecule has 0 aromatic carbocycles. The van der Waals surface area contributed by atoms with E-state index < -0.39 is 6.10 Å². The van der Waals surface area contributed by atoms with Crippen molar-refractivity contribution in [3.8, 4) is 0 Å². The molecule has 1 aromatic heterocycles. The van der Waals surface area contributed by atoms with Crippen molar-refractivity contribution in [1.82, 2.24) is 10.6 Å². The molecular weight excluding hydrogens is 270 g/mol. The summed E-state index contributed by atoms with van der Waals surface area (Å²) in [5, 5.41) is 16.3. The summed E-state index contributed by atoms with van der Waals surface area (Å²) in [5.41, 5.74) is 0. The molecular formula is C12H20ClN3OS. The van der Waals surface area contributed by atoms with Crippen LogP contribution in [0.3, 0.4) is 0 Å². The SMILES string of the molecule is CCNC(=NCC(O)c1ccc(Cl)s1)NC(C)C. The largest absolute Gasteiger partial charge is 0.386 e. The molecule has 0 aliphatic carbocycles. The van der Waals surface area contributed by atoms with Crippen LogP contribution in [0.25, 0.3) is 0 Å². The number of thiophene rings is 1. The minimum absolute atomic E-state index is 0.302. The molecule has 1 unspecified atom stereocenters. The summed E-state index contributed by atoms with van der Waals surface area (Å²) < 4.78 is 0.681. The summed E-state index contributed by atoms with van der Waals surface area (Å²) in [6, 6.07) is 3.92. The molecule has 0 amide bonds. The first-order chi connectivity index (χ1) is 8.52. The molecule has 1 aromatic rings. The van der Waals surface area contributed by atoms with E-state index >= 15 is 0 Å². The molecule has 3 N–H and O–H groups in total. The summed E-state index contributed by atoms with van der Waals surface area (Å²) in [7, 11) is 0. The van der Waals surface area contributed by atoms with Crippen LogP contribution in [-0.4, -0.2) is 30.2 Å². The fraction of sp³-hybridized carbons (Fsp3) is 0.583. The van der Waals surface area contributed by atoms with E-state index in [4.69, 9.17) is 11.6 Å². The lowest BCUT2D eigenvalue weighted by molar-refractivity contribution is 0.191. The number of hydrogen-bond donors (Lipinski definition) is 3. The summed E-state index contributed by atoms with van der Waals surface area (Å²) in [5.74, 6) is 0.717. The Hall–Kier alpha value is -0.780. The van der Waals surface area contributed by atoms with Crippen LogP contribution in [0.15, 0.2) is 17.1 Å². The molecule has 1 rings (SSSR count). The zero-order valence-corrected chi connectivity index (χ0v) is 12.5. The zero-order chi connectivity index (χ0) is 13.5. The van der Waals surface area contributed by atoms with Crippen molar-refractivity contribution >= 4 is 28.9 Å². The maximum atomic E-state index is 9.97. The van der Waals surface area contributed by atoms with Gasteiger partial charge in [-0.05, 0) is 32.9 Å². The molecule has 6 heteroatoms. The van der Waals surface area contributed by atoms with Crippen molar-refractivity contribution < 1.29 is 5.11 Å². The lowest BCUT2D eigenvalue weighted by atomic mass is 10.3. The first-order valence-electron chi connectivity index (χ1n) is 6.01. The summed E-state index contributed by atoms with van der Waals surface area (Å²) in [6.45, 7) is 7.20. The molecule has 0 spiro atoms. The number of rotatable bonds is 5. The second-order valence-electron chi connectivity index (χ2n) is 4.18. The Kier molecular flexibility index (Phi) is 6.46. The topological polar surface area (TPSA) is 56.7 Å². The van der Waals surface area contributed by atoms with Crippen molar-refractivity contribution in [2.45, 2.75) is 32.9 Å². The fourth-order valence-corrected chi connectivity index (χ4v) is 2.41. The molecule has 18 heavy (non-hydrogen) atoms. The van der Waals surface area contributed by atoms with Gasteiger partial charge in [0.1, 0.15) is 6.10 Å². The van der Waals surface area contributed by atoms with Crippen molar-refractivity contribution in [2.24, 2.45) is 4.99 Å². The number of nitrogens with zero attached hydrogens (tertiary/aromatic N) is 1. The van der Waals surface area contributed by atoms with Gasteiger partial charge in [0.25, 0.3) is 0 Å². The van der Waals surface area contributed by atoms with Crippen LogP contribution in [0.1, 0.15) is 31.8 Å². The monoisotopic (exact) mass is 289 g/mol. The normalized spacial score (nSPS) is 13.8. The molecule has 0 aliphatic rings. The van der Waals surface area contributed by atoms with Gasteiger partial charge in [0, 0.05) is 17.5 Å². The number of aliphatic hydroxyl groups excluding tert-OH is 1. The van der Waals surface area contributed by atoms with Crippen LogP contribution in [0.2, 0.25) is 4.34 Å². The van der Waals surface area contributed by atoms with E-state index in [1.807, 2.05) is 26.8 Å². The second-order valence-corrected chi connectivity index (χ2v) is 5.92. The lowest BCUT2D eigenvalue weighted by Gasteiger charge is -2.14. The van der Waals surface area contributed by atoms with Gasteiger partial charge in [-0.3, -0.25) is 4.99 Å². The van der Waals surface area contributed by atoms with Gasteiger partial charge in [-0.1, -0.05) is 11.6 Å². The second kappa shape index (κ2) is 7.61. The van der Waals surface area contributed by atoms with Crippen molar-refractivity contribution in [1.29, 1.82) is 0 Å². The molecule has 0 saturated carbocycles. The highest BCUT2D eigenvalue weighted by Crippen LogP contribution is 2.26. The first kappa shape index (κ1) is 15.3. The number of guanidine groups is 1. The van der Waals surface area contributed by atoms with E-state index in [0.29, 0.717) is 22.9 Å². The van der Waals surface area contributed by atoms with Gasteiger partial charge < -0.3 is 15.7 Å². The number of aliphatic imine (C=N–C) groups is 1. The standard InChI is InChI=1S/C12H20ClN3OS/c1-4-14-12(16-8(2)3)15-7-9(17)10-5-6-11(13)18-10/h5-6,8-9,17H,4,7H2,1-3H3,(H2,14,15,16). The highest BCUT2D eigenvalue weighted by atomic mass is 35.5. The predicted octanol–water partition coefficient (Wildman–Crippen LogP) is 2.40.